The van der Waals surface area contributed by atoms with E-state index in [0.29, 0.717) is 5.41 Å². The van der Waals surface area contributed by atoms with Gasteiger partial charge in [0.05, 0.1) is 19.3 Å². The number of carbonyl (C=O) groups is 1. The van der Waals surface area contributed by atoms with Gasteiger partial charge in [-0.05, 0) is 42.0 Å². The summed E-state index contributed by atoms with van der Waals surface area (Å²) in [5.41, 5.74) is 7.64. The molecule has 35 heavy (non-hydrogen) atoms. The molecule has 0 saturated carbocycles. The number of hydrogen-bond donors (Lipinski definition) is 5. The molecule has 197 valence electrons. The van der Waals surface area contributed by atoms with E-state index in [1.807, 2.05) is 25.1 Å². The van der Waals surface area contributed by atoms with Gasteiger partial charge in [-0.1, -0.05) is 26.8 Å². The molecule has 2 aliphatic heterocycles. The Bertz CT molecular complexity index is 706. The predicted molar refractivity (Wildman–Crippen MR) is 142 cm³/mol. The zero-order valence-electron chi connectivity index (χ0n) is 22.0. The number of carbonyl (C=O) groups excluding carboxylic acids is 1. The Hall–Kier alpha value is -1.36. The van der Waals surface area contributed by atoms with Crippen LogP contribution in [0.4, 0.5) is 5.69 Å². The number of benzene rings is 1. The van der Waals surface area contributed by atoms with E-state index in [1.165, 1.54) is 0 Å². The Morgan fingerprint density at radius 2 is 1.86 bits per heavy atom. The molecule has 6 N–H and O–H groups in total. The summed E-state index contributed by atoms with van der Waals surface area (Å²) in [5, 5.41) is 31.8. The molecule has 0 atom stereocenters. The normalized spacial score (nSPS) is 14.8. The van der Waals surface area contributed by atoms with Crippen LogP contribution in [0.3, 0.4) is 0 Å². The van der Waals surface area contributed by atoms with Gasteiger partial charge in [0, 0.05) is 71.1 Å². The van der Waals surface area contributed by atoms with Crippen molar-refractivity contribution in [2.45, 2.75) is 40.2 Å². The number of allylic oxidation sites excluding steroid dienone is 1. The fourth-order valence-electron chi connectivity index (χ4n) is 2.61. The molecule has 1 amide bonds. The van der Waals surface area contributed by atoms with Crippen LogP contribution in [0.15, 0.2) is 30.5 Å². The summed E-state index contributed by atoms with van der Waals surface area (Å²) in [7, 11) is 1.68. The van der Waals surface area contributed by atoms with Gasteiger partial charge in [0.15, 0.2) is 0 Å². The quantitative estimate of drug-likeness (QED) is 0.265. The van der Waals surface area contributed by atoms with Gasteiger partial charge in [-0.15, -0.1) is 13.1 Å². The smallest absolute Gasteiger partial charge is 0.204 e. The molecule has 0 unspecified atom stereocenters. The molecule has 1 aromatic rings. The third-order valence-electron chi connectivity index (χ3n) is 4.71. The molecule has 1 radical (unpaired) electrons. The average molecular weight is 566 g/mol. The topological polar surface area (TPSA) is 145 Å². The van der Waals surface area contributed by atoms with Gasteiger partial charge in [-0.25, -0.2) is 0 Å². The summed E-state index contributed by atoms with van der Waals surface area (Å²) >= 11 is 0. The second-order valence-corrected chi connectivity index (χ2v) is 9.04. The van der Waals surface area contributed by atoms with Crippen molar-refractivity contribution in [3.05, 3.63) is 52.3 Å². The van der Waals surface area contributed by atoms with E-state index >= 15 is 0 Å². The minimum Gasteiger partial charge on any atom is -0.803 e. The van der Waals surface area contributed by atoms with Crippen molar-refractivity contribution in [1.29, 1.82) is 0 Å². The number of anilines is 1. The van der Waals surface area contributed by atoms with Crippen LogP contribution < -0.4 is 21.7 Å². The zero-order valence-corrected chi connectivity index (χ0v) is 24.8. The number of primary amides is 1. The maximum absolute atomic E-state index is 10.1. The predicted octanol–water partition coefficient (Wildman–Crippen LogP) is 2.37. The van der Waals surface area contributed by atoms with Crippen LogP contribution in [-0.2, 0) is 42.2 Å². The largest absolute Gasteiger partial charge is 0.803 e. The molecule has 2 heterocycles. The van der Waals surface area contributed by atoms with E-state index < -0.39 is 0 Å². The standard InChI is InChI=1S/C17H25N3.C4H9NO.C3H7NO.CH3NO.Y/c1-13-6-7-14(20-11-9-17(2,3)4)12-15(13)16(18)8-10-19-5;1-3-6-4-2-5-1;5-3-1-4-2-3;2-1-3;/h6-8,10,12,20H,9,11H2,1-5H3;5H,1-4H2;3-5H,1-2H2;1H,(H2,2,3);/q-2;;;;/b10-8-;;;;. The van der Waals surface area contributed by atoms with E-state index in [4.69, 9.17) is 14.6 Å². The van der Waals surface area contributed by atoms with E-state index in [9.17, 15) is 5.41 Å². The molecule has 2 fully saturated rings. The SMILES string of the molecule is C1COCCN1.C[N-]/C=C\C(=[N-])c1cc(NCCC(C)(C)C)ccc1C.NC=O.OC1CNC1.[Y]. The van der Waals surface area contributed by atoms with E-state index in [-0.39, 0.29) is 50.9 Å². The molecule has 3 rings (SSSR count). The number of ether oxygens (including phenoxy) is 1. The number of rotatable bonds is 6. The van der Waals surface area contributed by atoms with Gasteiger partial charge in [-0.3, -0.25) is 4.79 Å². The van der Waals surface area contributed by atoms with Gasteiger partial charge < -0.3 is 42.3 Å². The fourth-order valence-corrected chi connectivity index (χ4v) is 2.61. The summed E-state index contributed by atoms with van der Waals surface area (Å²) in [5.74, 6) is 0. The van der Waals surface area contributed by atoms with Crippen molar-refractivity contribution >= 4 is 17.8 Å². The summed E-state index contributed by atoms with van der Waals surface area (Å²) in [4.78, 5) is 8.58. The summed E-state index contributed by atoms with van der Waals surface area (Å²) < 4.78 is 5.01. The van der Waals surface area contributed by atoms with Crippen LogP contribution in [0.5, 0.6) is 0 Å². The van der Waals surface area contributed by atoms with Crippen LogP contribution in [0.1, 0.15) is 38.3 Å². The number of amides is 1. The Morgan fingerprint density at radius 1 is 1.29 bits per heavy atom. The number of nitrogens with zero attached hydrogens (tertiary/aromatic N) is 2. The molecule has 9 nitrogen and oxygen atoms in total. The molecule has 0 aliphatic carbocycles. The molecule has 10 heteroatoms. The van der Waals surface area contributed by atoms with Crippen LogP contribution in [0, 0.1) is 12.3 Å². The van der Waals surface area contributed by atoms with Crippen molar-refractivity contribution in [3.8, 4) is 0 Å². The Morgan fingerprint density at radius 3 is 2.23 bits per heavy atom. The minimum atomic E-state index is -0.0463. The van der Waals surface area contributed by atoms with Crippen LogP contribution in [-0.4, -0.2) is 76.3 Å². The van der Waals surface area contributed by atoms with Gasteiger partial charge in [0.25, 0.3) is 0 Å². The van der Waals surface area contributed by atoms with Gasteiger partial charge >= 0.3 is 0 Å². The average Bonchev–Trinajstić information content (AvgIpc) is 2.79. The molecular formula is C25H44N6O3Y-2. The van der Waals surface area contributed by atoms with Crippen LogP contribution in [0.25, 0.3) is 10.7 Å². The zero-order chi connectivity index (χ0) is 25.8. The van der Waals surface area contributed by atoms with Crippen molar-refractivity contribution in [2.75, 3.05) is 58.3 Å². The van der Waals surface area contributed by atoms with Crippen molar-refractivity contribution in [2.24, 2.45) is 11.1 Å². The fraction of sp³-hybridized carbons (Fsp3) is 0.600. The monoisotopic (exact) mass is 565 g/mol. The van der Waals surface area contributed by atoms with Crippen LogP contribution >= 0.6 is 0 Å². The minimum absolute atomic E-state index is 0. The van der Waals surface area contributed by atoms with E-state index in [1.54, 1.807) is 19.3 Å². The molecule has 2 aliphatic rings. The Balaban J connectivity index is 0. The molecule has 0 spiro atoms. The molecule has 1 aromatic carbocycles. The number of aryl methyl sites for hydroxylation is 1. The Kier molecular flexibility index (Phi) is 22.4. The first-order valence-electron chi connectivity index (χ1n) is 11.6. The maximum atomic E-state index is 10.1. The first-order chi connectivity index (χ1) is 16.1. The third-order valence-corrected chi connectivity index (χ3v) is 4.71. The van der Waals surface area contributed by atoms with Crippen LogP contribution in [0.2, 0.25) is 0 Å². The first-order valence-corrected chi connectivity index (χ1v) is 11.6. The van der Waals surface area contributed by atoms with Crippen molar-refractivity contribution in [3.63, 3.8) is 0 Å². The summed E-state index contributed by atoms with van der Waals surface area (Å²) in [6, 6.07) is 6.04. The second kappa shape index (κ2) is 21.9. The van der Waals surface area contributed by atoms with Crippen molar-refractivity contribution in [1.82, 2.24) is 10.6 Å². The van der Waals surface area contributed by atoms with Gasteiger partial charge in [-0.2, -0.15) is 11.9 Å². The van der Waals surface area contributed by atoms with Gasteiger partial charge in [0.1, 0.15) is 0 Å². The number of aliphatic hydroxyl groups excluding tert-OH is 1. The number of nitrogens with one attached hydrogen (secondary N) is 3. The second-order valence-electron chi connectivity index (χ2n) is 9.04. The van der Waals surface area contributed by atoms with Crippen molar-refractivity contribution < 1.29 is 47.3 Å². The number of β-amino-alcohol motifs (C(OH)–C–C–N with tert-alkyl or cyclic N) is 1. The molecule has 0 aromatic heterocycles. The molecular weight excluding hydrogens is 521 g/mol. The number of hydrogen-bond acceptors (Lipinski definition) is 6. The van der Waals surface area contributed by atoms with Gasteiger partial charge in [0.2, 0.25) is 6.41 Å². The maximum Gasteiger partial charge on any atom is 0.204 e. The molecule has 2 saturated heterocycles. The van der Waals surface area contributed by atoms with E-state index in [2.05, 4.69) is 47.8 Å². The number of nitrogens with two attached hydrogens (primary N) is 1. The third kappa shape index (κ3) is 20.5. The number of aliphatic hydroxyl groups is 1. The Labute approximate surface area is 236 Å². The summed E-state index contributed by atoms with van der Waals surface area (Å²) in [6.45, 7) is 15.0. The number of morpholine rings is 1. The summed E-state index contributed by atoms with van der Waals surface area (Å²) in [6.07, 6.45) is 4.51. The first kappa shape index (κ1) is 35.8. The van der Waals surface area contributed by atoms with E-state index in [0.717, 1.165) is 69.2 Å². The molecule has 0 bridgehead atoms.